The predicted octanol–water partition coefficient (Wildman–Crippen LogP) is 20.9. The van der Waals surface area contributed by atoms with Gasteiger partial charge in [-0.05, 0) is 178 Å². The molecule has 1 aliphatic rings. The minimum absolute atomic E-state index is 0.763. The average molecular weight is 1010 g/mol. The maximum atomic E-state index is 2.48. The summed E-state index contributed by atoms with van der Waals surface area (Å²) in [5.41, 5.74) is 27.6. The van der Waals surface area contributed by atoms with Gasteiger partial charge in [-0.15, -0.1) is 0 Å². The molecule has 0 saturated heterocycles. The van der Waals surface area contributed by atoms with Gasteiger partial charge in [-0.1, -0.05) is 241 Å². The lowest BCUT2D eigenvalue weighted by Gasteiger charge is -2.36. The van der Waals surface area contributed by atoms with E-state index in [2.05, 4.69) is 329 Å². The van der Waals surface area contributed by atoms with Crippen LogP contribution in [0, 0.1) is 27.7 Å². The topological polar surface area (TPSA) is 6.48 Å². The van der Waals surface area contributed by atoms with Crippen LogP contribution in [0.4, 0.5) is 34.1 Å². The van der Waals surface area contributed by atoms with Crippen LogP contribution in [-0.4, -0.2) is 0 Å². The summed E-state index contributed by atoms with van der Waals surface area (Å²) in [6.45, 7) is 8.63. The maximum absolute atomic E-state index is 2.48. The lowest BCUT2D eigenvalue weighted by Crippen LogP contribution is -2.29. The van der Waals surface area contributed by atoms with Crippen molar-refractivity contribution in [1.82, 2.24) is 0 Å². The molecule has 0 bridgehead atoms. The molecule has 79 heavy (non-hydrogen) atoms. The molecule has 0 heterocycles. The van der Waals surface area contributed by atoms with Crippen LogP contribution in [0.3, 0.4) is 0 Å². The summed E-state index contributed by atoms with van der Waals surface area (Å²) in [6, 6.07) is 108. The van der Waals surface area contributed by atoms with Crippen LogP contribution < -0.4 is 9.80 Å². The van der Waals surface area contributed by atoms with E-state index in [9.17, 15) is 0 Å². The normalized spacial score (nSPS) is 12.2. The second-order valence-corrected chi connectivity index (χ2v) is 21.3. The standard InChI is InChI=1S/C77H60N2/c1-53-15-39-67(40-16-53)78(68-41-17-54(2)18-42-68)71-47-49-73-74-50-48-72(79(69-43-19-55(3)20-44-69)70-45-21-56(4)22-46-70)52-76(74)77(75(73)51-71,65-35-31-63(32-36-65)61-27-23-59(24-28-61)57-11-7-5-8-12-57)66-37-33-64(34-38-66)62-29-25-60(26-30-62)58-13-9-6-10-14-58/h5-52H,1-4H3. The van der Waals surface area contributed by atoms with Gasteiger partial charge in [0, 0.05) is 34.1 Å². The molecule has 12 aromatic carbocycles. The minimum atomic E-state index is -0.763. The number of rotatable bonds is 12. The van der Waals surface area contributed by atoms with Crippen molar-refractivity contribution in [2.75, 3.05) is 9.80 Å². The summed E-state index contributed by atoms with van der Waals surface area (Å²) in [5, 5.41) is 0. The van der Waals surface area contributed by atoms with E-state index < -0.39 is 5.41 Å². The van der Waals surface area contributed by atoms with Gasteiger partial charge in [-0.3, -0.25) is 0 Å². The second kappa shape index (κ2) is 20.6. The summed E-state index contributed by atoms with van der Waals surface area (Å²) in [6.07, 6.45) is 0. The molecule has 0 radical (unpaired) electrons. The van der Waals surface area contributed by atoms with E-state index in [1.165, 1.54) is 100 Å². The Kier molecular flexibility index (Phi) is 12.8. The Morgan fingerprint density at radius 3 is 0.709 bits per heavy atom. The molecule has 0 fully saturated rings. The summed E-state index contributed by atoms with van der Waals surface area (Å²) in [4.78, 5) is 4.83. The van der Waals surface area contributed by atoms with Gasteiger partial charge >= 0.3 is 0 Å². The Labute approximate surface area is 465 Å². The first-order chi connectivity index (χ1) is 38.8. The fourth-order valence-corrected chi connectivity index (χ4v) is 11.8. The largest absolute Gasteiger partial charge is 0.310 e. The van der Waals surface area contributed by atoms with E-state index in [-0.39, 0.29) is 0 Å². The molecular weight excluding hydrogens is 953 g/mol. The maximum Gasteiger partial charge on any atom is 0.0715 e. The van der Waals surface area contributed by atoms with Crippen LogP contribution >= 0.6 is 0 Å². The highest BCUT2D eigenvalue weighted by Crippen LogP contribution is 2.59. The van der Waals surface area contributed by atoms with Crippen molar-refractivity contribution in [2.24, 2.45) is 0 Å². The van der Waals surface area contributed by atoms with Gasteiger partial charge in [-0.2, -0.15) is 0 Å². The van der Waals surface area contributed by atoms with E-state index in [1.54, 1.807) is 0 Å². The Morgan fingerprint density at radius 2 is 0.443 bits per heavy atom. The Hall–Kier alpha value is -9.76. The number of hydrogen-bond acceptors (Lipinski definition) is 2. The molecule has 378 valence electrons. The lowest BCUT2D eigenvalue weighted by molar-refractivity contribution is 0.768. The number of hydrogen-bond donors (Lipinski definition) is 0. The van der Waals surface area contributed by atoms with Crippen molar-refractivity contribution in [1.29, 1.82) is 0 Å². The molecule has 0 aromatic heterocycles. The number of nitrogens with zero attached hydrogens (tertiary/aromatic N) is 2. The molecule has 0 saturated carbocycles. The fourth-order valence-electron chi connectivity index (χ4n) is 11.8. The van der Waals surface area contributed by atoms with Gasteiger partial charge in [0.05, 0.1) is 5.41 Å². The number of anilines is 6. The van der Waals surface area contributed by atoms with Crippen molar-refractivity contribution < 1.29 is 0 Å². The Balaban J connectivity index is 1.04. The molecule has 2 nitrogen and oxygen atoms in total. The minimum Gasteiger partial charge on any atom is -0.310 e. The Morgan fingerprint density at radius 1 is 0.215 bits per heavy atom. The van der Waals surface area contributed by atoms with E-state index in [4.69, 9.17) is 0 Å². The Bertz CT molecular complexity index is 3710. The van der Waals surface area contributed by atoms with Gasteiger partial charge in [-0.25, -0.2) is 0 Å². The van der Waals surface area contributed by atoms with E-state index >= 15 is 0 Å². The van der Waals surface area contributed by atoms with Gasteiger partial charge in [0.2, 0.25) is 0 Å². The first kappa shape index (κ1) is 48.9. The highest BCUT2D eigenvalue weighted by Gasteiger charge is 2.47. The number of benzene rings is 12. The number of fused-ring (bicyclic) bond motifs is 3. The third kappa shape index (κ3) is 9.22. The molecule has 13 rings (SSSR count). The molecule has 1 aliphatic carbocycles. The van der Waals surface area contributed by atoms with E-state index in [0.29, 0.717) is 0 Å². The van der Waals surface area contributed by atoms with Crippen LogP contribution in [0.15, 0.2) is 291 Å². The molecule has 0 aliphatic heterocycles. The molecule has 0 spiro atoms. The molecule has 0 N–H and O–H groups in total. The smallest absolute Gasteiger partial charge is 0.0715 e. The van der Waals surface area contributed by atoms with Crippen molar-refractivity contribution in [3.05, 3.63) is 336 Å². The highest BCUT2D eigenvalue weighted by molar-refractivity contribution is 5.92. The second-order valence-electron chi connectivity index (χ2n) is 21.3. The zero-order chi connectivity index (χ0) is 53.5. The van der Waals surface area contributed by atoms with E-state index in [1.807, 2.05) is 0 Å². The van der Waals surface area contributed by atoms with Crippen molar-refractivity contribution in [3.63, 3.8) is 0 Å². The van der Waals surface area contributed by atoms with Crippen LogP contribution in [0.5, 0.6) is 0 Å². The lowest BCUT2D eigenvalue weighted by atomic mass is 9.67. The molecule has 12 aromatic rings. The van der Waals surface area contributed by atoms with Crippen molar-refractivity contribution in [3.8, 4) is 55.6 Å². The van der Waals surface area contributed by atoms with E-state index in [0.717, 1.165) is 34.1 Å². The van der Waals surface area contributed by atoms with Gasteiger partial charge in [0.1, 0.15) is 0 Å². The molecule has 0 amide bonds. The number of aryl methyl sites for hydroxylation is 4. The van der Waals surface area contributed by atoms with Crippen LogP contribution in [0.1, 0.15) is 44.5 Å². The third-order valence-corrected chi connectivity index (χ3v) is 16.1. The molecule has 2 heteroatoms. The van der Waals surface area contributed by atoms with Gasteiger partial charge in [0.25, 0.3) is 0 Å². The van der Waals surface area contributed by atoms with Crippen LogP contribution in [0.2, 0.25) is 0 Å². The van der Waals surface area contributed by atoms with Crippen molar-refractivity contribution >= 4 is 34.1 Å². The summed E-state index contributed by atoms with van der Waals surface area (Å²) >= 11 is 0. The molecule has 0 unspecified atom stereocenters. The monoisotopic (exact) mass is 1010 g/mol. The van der Waals surface area contributed by atoms with Crippen molar-refractivity contribution in [2.45, 2.75) is 33.1 Å². The highest BCUT2D eigenvalue weighted by atomic mass is 15.1. The zero-order valence-electron chi connectivity index (χ0n) is 45.1. The van der Waals surface area contributed by atoms with Crippen LogP contribution in [-0.2, 0) is 5.41 Å². The fraction of sp³-hybridized carbons (Fsp3) is 0.0649. The third-order valence-electron chi connectivity index (χ3n) is 16.1. The molecular formula is C77H60N2. The quantitative estimate of drug-likeness (QED) is 0.120. The average Bonchev–Trinajstić information content (AvgIpc) is 2.89. The first-order valence-electron chi connectivity index (χ1n) is 27.5. The van der Waals surface area contributed by atoms with Crippen LogP contribution in [0.25, 0.3) is 55.6 Å². The van der Waals surface area contributed by atoms with Gasteiger partial charge in [0.15, 0.2) is 0 Å². The van der Waals surface area contributed by atoms with Gasteiger partial charge < -0.3 is 9.80 Å². The summed E-state index contributed by atoms with van der Waals surface area (Å²) < 4.78 is 0. The first-order valence-corrected chi connectivity index (χ1v) is 27.5. The summed E-state index contributed by atoms with van der Waals surface area (Å²) in [5.74, 6) is 0. The molecule has 0 atom stereocenters. The summed E-state index contributed by atoms with van der Waals surface area (Å²) in [7, 11) is 0. The SMILES string of the molecule is Cc1ccc(N(c2ccc(C)cc2)c2ccc3c(c2)C(c2ccc(-c4ccc(-c5ccccc5)cc4)cc2)(c2ccc(-c4ccc(-c5ccccc5)cc4)cc2)c2cc(N(c4ccc(C)cc4)c4ccc(C)cc4)ccc2-3)cc1. The zero-order valence-corrected chi connectivity index (χ0v) is 45.1. The predicted molar refractivity (Wildman–Crippen MR) is 334 cm³/mol.